The molecule has 0 N–H and O–H groups in total. The summed E-state index contributed by atoms with van der Waals surface area (Å²) in [5, 5.41) is 0. The monoisotopic (exact) mass is 160 g/mol. The molecule has 0 aliphatic rings. The fourth-order valence-corrected chi connectivity index (χ4v) is 0.897. The lowest BCUT2D eigenvalue weighted by Crippen LogP contribution is -1.93. The highest BCUT2D eigenvalue weighted by Crippen LogP contribution is 2.11. The summed E-state index contributed by atoms with van der Waals surface area (Å²) in [5.74, 6) is 6.51. The van der Waals surface area contributed by atoms with Crippen LogP contribution in [-0.2, 0) is 0 Å². The Bertz CT molecular complexity index is 304. The van der Waals surface area contributed by atoms with Gasteiger partial charge in [0, 0.05) is 0 Å². The van der Waals surface area contributed by atoms with Crippen LogP contribution in [0.3, 0.4) is 0 Å². The van der Waals surface area contributed by atoms with E-state index in [-0.39, 0.29) is 0 Å². The van der Waals surface area contributed by atoms with Crippen molar-refractivity contribution in [1.82, 2.24) is 0 Å². The molecule has 0 atom stereocenters. The third-order valence-electron chi connectivity index (χ3n) is 1.48. The Labute approximate surface area is 73.4 Å². The van der Waals surface area contributed by atoms with Gasteiger partial charge >= 0.3 is 0 Å². The van der Waals surface area contributed by atoms with Crippen molar-refractivity contribution in [3.63, 3.8) is 0 Å². The molecule has 0 amide bonds. The second kappa shape index (κ2) is 4.46. The molecule has 0 aliphatic carbocycles. The lowest BCUT2D eigenvalue weighted by molar-refractivity contribution is 0.370. The molecule has 0 saturated heterocycles. The summed E-state index contributed by atoms with van der Waals surface area (Å²) in [7, 11) is 0. The molecule has 0 aliphatic heterocycles. The Morgan fingerprint density at radius 1 is 1.42 bits per heavy atom. The SMILES string of the molecule is CC#CCOc1cccc(C)c1. The van der Waals surface area contributed by atoms with Crippen molar-refractivity contribution in [1.29, 1.82) is 0 Å². The third-order valence-corrected chi connectivity index (χ3v) is 1.48. The molecule has 0 radical (unpaired) electrons. The maximum atomic E-state index is 5.35. The van der Waals surface area contributed by atoms with E-state index < -0.39 is 0 Å². The Kier molecular flexibility index (Phi) is 3.22. The molecule has 1 heteroatoms. The van der Waals surface area contributed by atoms with Crippen molar-refractivity contribution in [3.05, 3.63) is 29.8 Å². The van der Waals surface area contributed by atoms with E-state index in [2.05, 4.69) is 11.8 Å². The normalized spacial score (nSPS) is 8.50. The summed E-state index contributed by atoms with van der Waals surface area (Å²) in [6, 6.07) is 7.95. The molecule has 0 heterocycles. The van der Waals surface area contributed by atoms with Crippen molar-refractivity contribution >= 4 is 0 Å². The van der Waals surface area contributed by atoms with Crippen LogP contribution < -0.4 is 4.74 Å². The van der Waals surface area contributed by atoms with E-state index in [1.165, 1.54) is 5.56 Å². The second-order valence-corrected chi connectivity index (χ2v) is 2.53. The van der Waals surface area contributed by atoms with Crippen LogP contribution in [0.15, 0.2) is 24.3 Å². The zero-order chi connectivity index (χ0) is 8.81. The van der Waals surface area contributed by atoms with Crippen LogP contribution in [0.25, 0.3) is 0 Å². The van der Waals surface area contributed by atoms with Gasteiger partial charge in [0.2, 0.25) is 0 Å². The van der Waals surface area contributed by atoms with Crippen molar-refractivity contribution < 1.29 is 4.74 Å². The van der Waals surface area contributed by atoms with Crippen LogP contribution in [0.1, 0.15) is 12.5 Å². The average Bonchev–Trinajstić information content (AvgIpc) is 2.05. The van der Waals surface area contributed by atoms with Gasteiger partial charge in [0.25, 0.3) is 0 Å². The van der Waals surface area contributed by atoms with Gasteiger partial charge < -0.3 is 4.74 Å². The first-order valence-corrected chi connectivity index (χ1v) is 3.92. The molecule has 0 bridgehead atoms. The Hall–Kier alpha value is -1.42. The molecular formula is C11H12O. The minimum atomic E-state index is 0.472. The zero-order valence-corrected chi connectivity index (χ0v) is 7.42. The average molecular weight is 160 g/mol. The molecule has 1 aromatic rings. The minimum Gasteiger partial charge on any atom is -0.481 e. The Morgan fingerprint density at radius 3 is 2.92 bits per heavy atom. The first-order chi connectivity index (χ1) is 5.83. The molecule has 0 saturated carbocycles. The van der Waals surface area contributed by atoms with Crippen molar-refractivity contribution in [2.75, 3.05) is 6.61 Å². The third kappa shape index (κ3) is 2.67. The predicted octanol–water partition coefficient (Wildman–Crippen LogP) is 2.40. The van der Waals surface area contributed by atoms with E-state index in [0.717, 1.165) is 5.75 Å². The number of rotatable bonds is 2. The van der Waals surface area contributed by atoms with Crippen LogP contribution >= 0.6 is 0 Å². The van der Waals surface area contributed by atoms with E-state index in [4.69, 9.17) is 4.74 Å². The lowest BCUT2D eigenvalue weighted by atomic mass is 10.2. The molecule has 1 aromatic carbocycles. The number of hydrogen-bond donors (Lipinski definition) is 0. The number of aryl methyl sites for hydroxylation is 1. The Morgan fingerprint density at radius 2 is 2.25 bits per heavy atom. The van der Waals surface area contributed by atoms with Crippen LogP contribution in [0.4, 0.5) is 0 Å². The second-order valence-electron chi connectivity index (χ2n) is 2.53. The van der Waals surface area contributed by atoms with Crippen molar-refractivity contribution in [2.24, 2.45) is 0 Å². The molecule has 0 spiro atoms. The fourth-order valence-electron chi connectivity index (χ4n) is 0.897. The largest absolute Gasteiger partial charge is 0.481 e. The molecule has 12 heavy (non-hydrogen) atoms. The van der Waals surface area contributed by atoms with Gasteiger partial charge in [0.05, 0.1) is 0 Å². The van der Waals surface area contributed by atoms with Gasteiger partial charge in [0.15, 0.2) is 0 Å². The molecule has 1 nitrogen and oxygen atoms in total. The number of hydrogen-bond acceptors (Lipinski definition) is 1. The van der Waals surface area contributed by atoms with E-state index >= 15 is 0 Å². The molecular weight excluding hydrogens is 148 g/mol. The number of ether oxygens (including phenoxy) is 1. The maximum Gasteiger partial charge on any atom is 0.149 e. The van der Waals surface area contributed by atoms with Crippen LogP contribution in [0.5, 0.6) is 5.75 Å². The van der Waals surface area contributed by atoms with E-state index in [1.54, 1.807) is 6.92 Å². The summed E-state index contributed by atoms with van der Waals surface area (Å²) in [6.07, 6.45) is 0. The standard InChI is InChI=1S/C11H12O/c1-3-4-8-12-11-7-5-6-10(2)9-11/h5-7,9H,8H2,1-2H3. The maximum absolute atomic E-state index is 5.35. The fraction of sp³-hybridized carbons (Fsp3) is 0.273. The summed E-state index contributed by atoms with van der Waals surface area (Å²) in [6.45, 7) is 4.32. The van der Waals surface area contributed by atoms with Gasteiger partial charge in [0.1, 0.15) is 12.4 Å². The Balaban J connectivity index is 2.55. The summed E-state index contributed by atoms with van der Waals surface area (Å²) < 4.78 is 5.35. The summed E-state index contributed by atoms with van der Waals surface area (Å²) in [5.41, 5.74) is 1.21. The van der Waals surface area contributed by atoms with E-state index in [0.29, 0.717) is 6.61 Å². The van der Waals surface area contributed by atoms with E-state index in [9.17, 15) is 0 Å². The van der Waals surface area contributed by atoms with Crippen LogP contribution in [-0.4, -0.2) is 6.61 Å². The molecule has 62 valence electrons. The quantitative estimate of drug-likeness (QED) is 0.603. The smallest absolute Gasteiger partial charge is 0.149 e. The van der Waals surface area contributed by atoms with Crippen molar-refractivity contribution in [2.45, 2.75) is 13.8 Å². The summed E-state index contributed by atoms with van der Waals surface area (Å²) >= 11 is 0. The highest BCUT2D eigenvalue weighted by atomic mass is 16.5. The predicted molar refractivity (Wildman–Crippen MR) is 50.1 cm³/mol. The van der Waals surface area contributed by atoms with Gasteiger partial charge in [-0.15, -0.1) is 5.92 Å². The van der Waals surface area contributed by atoms with Gasteiger partial charge in [-0.2, -0.15) is 0 Å². The van der Waals surface area contributed by atoms with Gasteiger partial charge in [-0.3, -0.25) is 0 Å². The first kappa shape index (κ1) is 8.67. The number of benzene rings is 1. The van der Waals surface area contributed by atoms with Crippen LogP contribution in [0, 0.1) is 18.8 Å². The highest BCUT2D eigenvalue weighted by Gasteiger charge is 1.90. The van der Waals surface area contributed by atoms with E-state index in [1.807, 2.05) is 31.2 Å². The topological polar surface area (TPSA) is 9.23 Å². The molecule has 0 aromatic heterocycles. The van der Waals surface area contributed by atoms with Gasteiger partial charge in [-0.05, 0) is 31.5 Å². The summed E-state index contributed by atoms with van der Waals surface area (Å²) in [4.78, 5) is 0. The molecule has 1 rings (SSSR count). The van der Waals surface area contributed by atoms with Gasteiger partial charge in [-0.1, -0.05) is 18.1 Å². The molecule has 0 unspecified atom stereocenters. The van der Waals surface area contributed by atoms with Crippen molar-refractivity contribution in [3.8, 4) is 17.6 Å². The lowest BCUT2D eigenvalue weighted by Gasteiger charge is -2.01. The highest BCUT2D eigenvalue weighted by molar-refractivity contribution is 5.27. The van der Waals surface area contributed by atoms with Crippen LogP contribution in [0.2, 0.25) is 0 Å². The molecule has 0 fully saturated rings. The minimum absolute atomic E-state index is 0.472. The zero-order valence-electron chi connectivity index (χ0n) is 7.42. The van der Waals surface area contributed by atoms with Gasteiger partial charge in [-0.25, -0.2) is 0 Å². The first-order valence-electron chi connectivity index (χ1n) is 3.92.